The molecule has 0 aliphatic rings. The van der Waals surface area contributed by atoms with Crippen LogP contribution in [0.15, 0.2) is 36.4 Å². The summed E-state index contributed by atoms with van der Waals surface area (Å²) in [5.74, 6) is 0.238. The number of hydrogen-bond acceptors (Lipinski definition) is 8. The van der Waals surface area contributed by atoms with Gasteiger partial charge in [-0.3, -0.25) is 9.59 Å². The minimum atomic E-state index is -0.459. The normalized spacial score (nSPS) is 12.4. The molecule has 0 bridgehead atoms. The smallest absolute Gasteiger partial charge is 0.306 e. The lowest BCUT2D eigenvalue weighted by Gasteiger charge is -2.24. The van der Waals surface area contributed by atoms with Crippen molar-refractivity contribution in [3.8, 4) is 23.0 Å². The van der Waals surface area contributed by atoms with E-state index in [1.165, 1.54) is 21.1 Å². The molecule has 2 N–H and O–H groups in total. The van der Waals surface area contributed by atoms with Gasteiger partial charge in [0.2, 0.25) is 0 Å². The lowest BCUT2D eigenvalue weighted by atomic mass is 9.98. The second-order valence-corrected chi connectivity index (χ2v) is 9.48. The fraction of sp³-hybridized carbons (Fsp3) is 0.533. The minimum absolute atomic E-state index is 0.0598. The molecule has 0 aromatic heterocycles. The van der Waals surface area contributed by atoms with E-state index >= 15 is 0 Å². The van der Waals surface area contributed by atoms with Crippen molar-refractivity contribution in [1.82, 2.24) is 0 Å². The molecule has 0 aliphatic carbocycles. The lowest BCUT2D eigenvalue weighted by molar-refractivity contribution is -0.154. The summed E-state index contributed by atoms with van der Waals surface area (Å²) in [5.41, 5.74) is 1.86. The number of aryl methyl sites for hydroxylation is 2. The van der Waals surface area contributed by atoms with Gasteiger partial charge in [0.25, 0.3) is 0 Å². The molecule has 0 aliphatic heterocycles. The van der Waals surface area contributed by atoms with Crippen molar-refractivity contribution in [2.45, 2.75) is 90.3 Å². The number of unbranched alkanes of at least 4 members (excludes halogenated alkanes) is 3. The average Bonchev–Trinajstić information content (AvgIpc) is 2.89. The zero-order chi connectivity index (χ0) is 27.9. The Balaban J connectivity index is 2.11. The van der Waals surface area contributed by atoms with Gasteiger partial charge in [-0.2, -0.15) is 0 Å². The number of hydrogen-bond donors (Lipinski definition) is 2. The number of phenols is 2. The van der Waals surface area contributed by atoms with Crippen LogP contribution in [0.2, 0.25) is 0 Å². The Hall–Kier alpha value is -3.42. The Labute approximate surface area is 225 Å². The monoisotopic (exact) mass is 530 g/mol. The van der Waals surface area contributed by atoms with Crippen LogP contribution >= 0.6 is 0 Å². The number of benzene rings is 2. The number of esters is 2. The third-order valence-corrected chi connectivity index (χ3v) is 6.39. The maximum atomic E-state index is 12.6. The van der Waals surface area contributed by atoms with E-state index in [4.69, 9.17) is 18.9 Å². The summed E-state index contributed by atoms with van der Waals surface area (Å²) in [7, 11) is 2.99. The fourth-order valence-corrected chi connectivity index (χ4v) is 4.33. The van der Waals surface area contributed by atoms with E-state index in [9.17, 15) is 19.8 Å². The molecule has 0 fully saturated rings. The maximum Gasteiger partial charge on any atom is 0.306 e. The molecule has 0 amide bonds. The van der Waals surface area contributed by atoms with E-state index < -0.39 is 18.2 Å². The van der Waals surface area contributed by atoms with E-state index in [1.807, 2.05) is 6.07 Å². The first-order valence-electron chi connectivity index (χ1n) is 13.3. The number of aromatic hydroxyl groups is 2. The second kappa shape index (κ2) is 16.4. The van der Waals surface area contributed by atoms with Crippen LogP contribution in [0.3, 0.4) is 0 Å². The van der Waals surface area contributed by atoms with Gasteiger partial charge in [-0.05, 0) is 67.5 Å². The molecular weight excluding hydrogens is 488 g/mol. The zero-order valence-electron chi connectivity index (χ0n) is 23.0. The third-order valence-electron chi connectivity index (χ3n) is 6.39. The molecule has 0 heterocycles. The molecule has 8 nitrogen and oxygen atoms in total. The Morgan fingerprint density at radius 2 is 1.32 bits per heavy atom. The average molecular weight is 531 g/mol. The van der Waals surface area contributed by atoms with E-state index in [0.29, 0.717) is 50.0 Å². The number of methoxy groups -OCH3 is 2. The second-order valence-electron chi connectivity index (χ2n) is 9.48. The van der Waals surface area contributed by atoms with Crippen LogP contribution < -0.4 is 9.47 Å². The Morgan fingerprint density at radius 3 is 1.79 bits per heavy atom. The van der Waals surface area contributed by atoms with Crippen molar-refractivity contribution >= 4 is 11.9 Å². The molecule has 0 radical (unpaired) electrons. The molecular formula is C30H42O8. The first kappa shape index (κ1) is 30.8. The Bertz CT molecular complexity index is 1020. The molecule has 2 atom stereocenters. The van der Waals surface area contributed by atoms with Gasteiger partial charge in [0, 0.05) is 19.8 Å². The zero-order valence-corrected chi connectivity index (χ0v) is 23.0. The van der Waals surface area contributed by atoms with Gasteiger partial charge in [0.05, 0.1) is 14.2 Å². The lowest BCUT2D eigenvalue weighted by Crippen LogP contribution is -2.28. The molecule has 2 aromatic carbocycles. The largest absolute Gasteiger partial charge is 0.504 e. The van der Waals surface area contributed by atoms with Crippen LogP contribution in [-0.2, 0) is 31.9 Å². The SMILES string of the molecule is CCCCCCC(=O)O[C@@H](CCc1ccc(O)c(OC)c1)C[C@H](CCc1ccc(O)c(OC)c1)OC(C)=O. The summed E-state index contributed by atoms with van der Waals surface area (Å²) in [4.78, 5) is 24.5. The maximum absolute atomic E-state index is 12.6. The third kappa shape index (κ3) is 10.9. The molecule has 0 unspecified atom stereocenters. The van der Waals surface area contributed by atoms with Crippen molar-refractivity contribution in [1.29, 1.82) is 0 Å². The molecule has 2 aromatic rings. The molecule has 210 valence electrons. The van der Waals surface area contributed by atoms with Crippen molar-refractivity contribution < 1.29 is 38.7 Å². The molecule has 0 spiro atoms. The first-order chi connectivity index (χ1) is 18.2. The summed E-state index contributed by atoms with van der Waals surface area (Å²) in [6.45, 7) is 3.49. The predicted octanol–water partition coefficient (Wildman–Crippen LogP) is 5.88. The first-order valence-corrected chi connectivity index (χ1v) is 13.3. The van der Waals surface area contributed by atoms with Gasteiger partial charge in [-0.1, -0.05) is 38.3 Å². The molecule has 38 heavy (non-hydrogen) atoms. The molecule has 8 heteroatoms. The van der Waals surface area contributed by atoms with Crippen molar-refractivity contribution in [3.05, 3.63) is 47.5 Å². The van der Waals surface area contributed by atoms with Crippen molar-refractivity contribution in [2.75, 3.05) is 14.2 Å². The van der Waals surface area contributed by atoms with E-state index in [2.05, 4.69) is 6.92 Å². The van der Waals surface area contributed by atoms with Gasteiger partial charge in [-0.25, -0.2) is 0 Å². The van der Waals surface area contributed by atoms with E-state index in [1.54, 1.807) is 30.3 Å². The Morgan fingerprint density at radius 1 is 0.789 bits per heavy atom. The standard InChI is InChI=1S/C30H42O8/c1-5-6-7-8-9-30(34)38-25(15-11-23-13-17-27(33)29(19-23)36-4)20-24(37-21(2)31)14-10-22-12-16-26(32)28(18-22)35-3/h12-13,16-19,24-25,32-33H,5-11,14-15,20H2,1-4H3/t24-,25-/m0/s1. The highest BCUT2D eigenvalue weighted by atomic mass is 16.6. The number of carbonyl (C=O) groups is 2. The van der Waals surface area contributed by atoms with Gasteiger partial charge in [-0.15, -0.1) is 0 Å². The summed E-state index contributed by atoms with van der Waals surface area (Å²) in [6.07, 6.45) is 5.96. The quantitative estimate of drug-likeness (QED) is 0.193. The van der Waals surface area contributed by atoms with Gasteiger partial charge in [0.15, 0.2) is 23.0 Å². The van der Waals surface area contributed by atoms with Crippen LogP contribution in [-0.4, -0.2) is 48.6 Å². The molecule has 0 saturated carbocycles. The molecule has 2 rings (SSSR count). The number of carbonyl (C=O) groups excluding carboxylic acids is 2. The van der Waals surface area contributed by atoms with Crippen molar-refractivity contribution in [2.24, 2.45) is 0 Å². The summed E-state index contributed by atoms with van der Waals surface area (Å²) >= 11 is 0. The molecule has 0 saturated heterocycles. The number of phenolic OH excluding ortho intramolecular Hbond substituents is 2. The Kier molecular flexibility index (Phi) is 13.3. The highest BCUT2D eigenvalue weighted by Gasteiger charge is 2.23. The summed E-state index contributed by atoms with van der Waals surface area (Å²) in [6, 6.07) is 10.3. The summed E-state index contributed by atoms with van der Waals surface area (Å²) in [5, 5.41) is 19.8. The van der Waals surface area contributed by atoms with Crippen LogP contribution in [0.25, 0.3) is 0 Å². The topological polar surface area (TPSA) is 112 Å². The van der Waals surface area contributed by atoms with Crippen molar-refractivity contribution in [3.63, 3.8) is 0 Å². The predicted molar refractivity (Wildman–Crippen MR) is 145 cm³/mol. The number of rotatable bonds is 17. The van der Waals surface area contributed by atoms with Crippen LogP contribution in [0.1, 0.15) is 76.3 Å². The van der Waals surface area contributed by atoms with E-state index in [-0.39, 0.29) is 17.5 Å². The van der Waals surface area contributed by atoms with Gasteiger partial charge < -0.3 is 29.2 Å². The fourth-order valence-electron chi connectivity index (χ4n) is 4.33. The van der Waals surface area contributed by atoms with Crippen LogP contribution in [0.5, 0.6) is 23.0 Å². The van der Waals surface area contributed by atoms with Crippen LogP contribution in [0, 0.1) is 0 Å². The highest BCUT2D eigenvalue weighted by molar-refractivity contribution is 5.69. The van der Waals surface area contributed by atoms with E-state index in [0.717, 1.165) is 36.8 Å². The highest BCUT2D eigenvalue weighted by Crippen LogP contribution is 2.29. The van der Waals surface area contributed by atoms with Gasteiger partial charge >= 0.3 is 11.9 Å². The van der Waals surface area contributed by atoms with Crippen LogP contribution in [0.4, 0.5) is 0 Å². The minimum Gasteiger partial charge on any atom is -0.504 e. The van der Waals surface area contributed by atoms with Gasteiger partial charge in [0.1, 0.15) is 12.2 Å². The summed E-state index contributed by atoms with van der Waals surface area (Å²) < 4.78 is 21.9. The number of ether oxygens (including phenoxy) is 4.